The molecule has 0 bridgehead atoms. The average molecular weight is 249 g/mol. The molecular weight excluding hydrogens is 226 g/mol. The summed E-state index contributed by atoms with van der Waals surface area (Å²) in [5, 5.41) is 13.1. The normalized spacial score (nSPS) is 20.3. The zero-order valence-corrected chi connectivity index (χ0v) is 11.2. The predicted octanol–water partition coefficient (Wildman–Crippen LogP) is 2.16. The van der Waals surface area contributed by atoms with Crippen LogP contribution in [0.4, 0.5) is 0 Å². The molecule has 0 saturated heterocycles. The Kier molecular flexibility index (Phi) is 4.61. The van der Waals surface area contributed by atoms with Gasteiger partial charge in [-0.1, -0.05) is 32.0 Å². The summed E-state index contributed by atoms with van der Waals surface area (Å²) in [5.41, 5.74) is 1.29. The fourth-order valence-corrected chi connectivity index (χ4v) is 2.27. The van der Waals surface area contributed by atoms with Crippen molar-refractivity contribution >= 4 is 0 Å². The summed E-state index contributed by atoms with van der Waals surface area (Å²) in [6.45, 7) is 6.43. The third-order valence-electron chi connectivity index (χ3n) is 3.60. The SMILES string of the molecule is CC(C)C(O)CNCC1CCOc2ccccc21. The van der Waals surface area contributed by atoms with Crippen LogP contribution in [0, 0.1) is 5.92 Å². The standard InChI is InChI=1S/C15H23NO2/c1-11(2)14(17)10-16-9-12-7-8-18-15-6-4-3-5-13(12)15/h3-6,11-12,14,16-17H,7-10H2,1-2H3. The highest BCUT2D eigenvalue weighted by molar-refractivity contribution is 5.37. The molecule has 0 spiro atoms. The van der Waals surface area contributed by atoms with Gasteiger partial charge in [0.05, 0.1) is 12.7 Å². The number of aliphatic hydroxyl groups is 1. The summed E-state index contributed by atoms with van der Waals surface area (Å²) in [4.78, 5) is 0. The molecule has 3 heteroatoms. The van der Waals surface area contributed by atoms with E-state index in [4.69, 9.17) is 4.74 Å². The highest BCUT2D eigenvalue weighted by Crippen LogP contribution is 2.32. The van der Waals surface area contributed by atoms with E-state index in [0.29, 0.717) is 18.4 Å². The molecule has 3 nitrogen and oxygen atoms in total. The Morgan fingerprint density at radius 3 is 2.94 bits per heavy atom. The summed E-state index contributed by atoms with van der Waals surface area (Å²) in [6.07, 6.45) is 0.780. The maximum Gasteiger partial charge on any atom is 0.122 e. The number of rotatable bonds is 5. The Hall–Kier alpha value is -1.06. The maximum absolute atomic E-state index is 9.76. The van der Waals surface area contributed by atoms with Crippen molar-refractivity contribution in [1.82, 2.24) is 5.32 Å². The first-order valence-corrected chi connectivity index (χ1v) is 6.79. The van der Waals surface area contributed by atoms with Gasteiger partial charge in [0.15, 0.2) is 0 Å². The smallest absolute Gasteiger partial charge is 0.122 e. The van der Waals surface area contributed by atoms with E-state index in [1.807, 2.05) is 26.0 Å². The third-order valence-corrected chi connectivity index (χ3v) is 3.60. The van der Waals surface area contributed by atoms with Gasteiger partial charge in [-0.15, -0.1) is 0 Å². The van der Waals surface area contributed by atoms with Gasteiger partial charge in [0.25, 0.3) is 0 Å². The molecule has 1 heterocycles. The molecule has 0 aromatic heterocycles. The highest BCUT2D eigenvalue weighted by Gasteiger charge is 2.20. The van der Waals surface area contributed by atoms with Crippen LogP contribution in [-0.2, 0) is 0 Å². The first kappa shape index (κ1) is 13.4. The van der Waals surface area contributed by atoms with E-state index >= 15 is 0 Å². The molecule has 0 radical (unpaired) electrons. The van der Waals surface area contributed by atoms with Crippen molar-refractivity contribution < 1.29 is 9.84 Å². The fourth-order valence-electron chi connectivity index (χ4n) is 2.27. The number of ether oxygens (including phenoxy) is 1. The molecule has 2 unspecified atom stereocenters. The molecule has 0 saturated carbocycles. The van der Waals surface area contributed by atoms with Gasteiger partial charge in [0, 0.05) is 19.0 Å². The molecule has 0 fully saturated rings. The number of hydrogen-bond donors (Lipinski definition) is 2. The lowest BCUT2D eigenvalue weighted by Crippen LogP contribution is -2.34. The molecule has 2 atom stereocenters. The quantitative estimate of drug-likeness (QED) is 0.840. The number of benzene rings is 1. The van der Waals surface area contributed by atoms with Crippen molar-refractivity contribution in [2.24, 2.45) is 5.92 Å². The zero-order chi connectivity index (χ0) is 13.0. The fraction of sp³-hybridized carbons (Fsp3) is 0.600. The van der Waals surface area contributed by atoms with Crippen molar-refractivity contribution in [3.8, 4) is 5.75 Å². The summed E-state index contributed by atoms with van der Waals surface area (Å²) >= 11 is 0. The monoisotopic (exact) mass is 249 g/mol. The van der Waals surface area contributed by atoms with Crippen LogP contribution in [0.3, 0.4) is 0 Å². The lowest BCUT2D eigenvalue weighted by Gasteiger charge is -2.26. The summed E-state index contributed by atoms with van der Waals surface area (Å²) in [6, 6.07) is 8.24. The van der Waals surface area contributed by atoms with E-state index in [2.05, 4.69) is 17.4 Å². The molecule has 0 aliphatic carbocycles. The van der Waals surface area contributed by atoms with Gasteiger partial charge in [0.1, 0.15) is 5.75 Å². The van der Waals surface area contributed by atoms with Gasteiger partial charge < -0.3 is 15.2 Å². The van der Waals surface area contributed by atoms with Crippen LogP contribution in [-0.4, -0.2) is 30.9 Å². The summed E-state index contributed by atoms with van der Waals surface area (Å²) in [7, 11) is 0. The van der Waals surface area contributed by atoms with E-state index in [9.17, 15) is 5.11 Å². The van der Waals surface area contributed by atoms with Gasteiger partial charge in [-0.25, -0.2) is 0 Å². The second-order valence-electron chi connectivity index (χ2n) is 5.34. The van der Waals surface area contributed by atoms with E-state index < -0.39 is 0 Å². The molecular formula is C15H23NO2. The largest absolute Gasteiger partial charge is 0.493 e. The molecule has 0 amide bonds. The molecule has 2 rings (SSSR count). The number of aliphatic hydroxyl groups excluding tert-OH is 1. The minimum atomic E-state index is -0.264. The number of hydrogen-bond acceptors (Lipinski definition) is 3. The summed E-state index contributed by atoms with van der Waals surface area (Å²) < 4.78 is 5.64. The Balaban J connectivity index is 1.88. The minimum Gasteiger partial charge on any atom is -0.493 e. The van der Waals surface area contributed by atoms with Gasteiger partial charge >= 0.3 is 0 Å². The first-order chi connectivity index (χ1) is 8.68. The van der Waals surface area contributed by atoms with Crippen LogP contribution in [0.25, 0.3) is 0 Å². The Morgan fingerprint density at radius 2 is 2.17 bits per heavy atom. The zero-order valence-electron chi connectivity index (χ0n) is 11.2. The minimum absolute atomic E-state index is 0.264. The van der Waals surface area contributed by atoms with Crippen molar-refractivity contribution in [3.05, 3.63) is 29.8 Å². The molecule has 100 valence electrons. The van der Waals surface area contributed by atoms with Crippen LogP contribution in [0.5, 0.6) is 5.75 Å². The second kappa shape index (κ2) is 6.21. The number of fused-ring (bicyclic) bond motifs is 1. The molecule has 1 aliphatic rings. The maximum atomic E-state index is 9.76. The highest BCUT2D eigenvalue weighted by atomic mass is 16.5. The lowest BCUT2D eigenvalue weighted by molar-refractivity contribution is 0.122. The van der Waals surface area contributed by atoms with E-state index in [1.54, 1.807) is 0 Å². The van der Waals surface area contributed by atoms with Crippen molar-refractivity contribution in [2.75, 3.05) is 19.7 Å². The summed E-state index contributed by atoms with van der Waals surface area (Å²) in [5.74, 6) is 1.81. The van der Waals surface area contributed by atoms with Gasteiger partial charge in [-0.3, -0.25) is 0 Å². The Bertz CT molecular complexity index is 379. The van der Waals surface area contributed by atoms with Crippen molar-refractivity contribution in [3.63, 3.8) is 0 Å². The first-order valence-electron chi connectivity index (χ1n) is 6.79. The van der Waals surface area contributed by atoms with Crippen molar-refractivity contribution in [1.29, 1.82) is 0 Å². The second-order valence-corrected chi connectivity index (χ2v) is 5.34. The van der Waals surface area contributed by atoms with Gasteiger partial charge in [0.2, 0.25) is 0 Å². The van der Waals surface area contributed by atoms with E-state index in [0.717, 1.165) is 25.3 Å². The predicted molar refractivity (Wildman–Crippen MR) is 73.0 cm³/mol. The Labute approximate surface area is 109 Å². The van der Waals surface area contributed by atoms with Crippen LogP contribution in [0.15, 0.2) is 24.3 Å². The molecule has 2 N–H and O–H groups in total. The van der Waals surface area contributed by atoms with Crippen LogP contribution in [0.1, 0.15) is 31.7 Å². The third kappa shape index (κ3) is 3.24. The van der Waals surface area contributed by atoms with Crippen LogP contribution >= 0.6 is 0 Å². The average Bonchev–Trinajstić information content (AvgIpc) is 2.38. The van der Waals surface area contributed by atoms with Crippen LogP contribution < -0.4 is 10.1 Å². The number of para-hydroxylation sites is 1. The van der Waals surface area contributed by atoms with Crippen molar-refractivity contribution in [2.45, 2.75) is 32.3 Å². The Morgan fingerprint density at radius 1 is 1.39 bits per heavy atom. The lowest BCUT2D eigenvalue weighted by atomic mass is 9.93. The van der Waals surface area contributed by atoms with Gasteiger partial charge in [-0.05, 0) is 24.0 Å². The molecule has 18 heavy (non-hydrogen) atoms. The van der Waals surface area contributed by atoms with E-state index in [-0.39, 0.29) is 6.10 Å². The molecule has 1 aliphatic heterocycles. The van der Waals surface area contributed by atoms with Gasteiger partial charge in [-0.2, -0.15) is 0 Å². The number of nitrogens with one attached hydrogen (secondary N) is 1. The molecule has 1 aromatic carbocycles. The molecule has 1 aromatic rings. The topological polar surface area (TPSA) is 41.5 Å². The van der Waals surface area contributed by atoms with E-state index in [1.165, 1.54) is 5.56 Å². The van der Waals surface area contributed by atoms with Crippen LogP contribution in [0.2, 0.25) is 0 Å².